The van der Waals surface area contributed by atoms with Gasteiger partial charge >= 0.3 is 6.09 Å². The number of nitro benzene ring substituents is 1. The van der Waals surface area contributed by atoms with Crippen LogP contribution in [0.1, 0.15) is 6.92 Å². The van der Waals surface area contributed by atoms with Crippen LogP contribution in [0, 0.1) is 10.1 Å². The first kappa shape index (κ1) is 15.2. The molecule has 0 spiro atoms. The van der Waals surface area contributed by atoms with Crippen molar-refractivity contribution in [2.45, 2.75) is 6.92 Å². The standard InChI is InChI=1S/C15H12N2O5/c1-10(18)16(15(19)20)14-8-3-2-7-13(14)11-5-4-6-12(9-11)17(21)22/h2-9H,1H3,(H,19,20). The smallest absolute Gasteiger partial charge is 0.418 e. The van der Waals surface area contributed by atoms with Crippen LogP contribution in [0.4, 0.5) is 16.2 Å². The van der Waals surface area contributed by atoms with Gasteiger partial charge < -0.3 is 5.11 Å². The number of carbonyl (C=O) groups is 2. The first-order valence-electron chi connectivity index (χ1n) is 6.29. The Morgan fingerprint density at radius 3 is 2.41 bits per heavy atom. The fourth-order valence-corrected chi connectivity index (χ4v) is 2.11. The van der Waals surface area contributed by atoms with Gasteiger partial charge in [0.15, 0.2) is 0 Å². The second-order valence-corrected chi connectivity index (χ2v) is 4.46. The molecule has 0 unspecified atom stereocenters. The van der Waals surface area contributed by atoms with Crippen LogP contribution in [0.5, 0.6) is 0 Å². The molecule has 0 saturated heterocycles. The van der Waals surface area contributed by atoms with Crippen molar-refractivity contribution < 1.29 is 19.6 Å². The summed E-state index contributed by atoms with van der Waals surface area (Å²) in [5.74, 6) is -0.662. The lowest BCUT2D eigenvalue weighted by Crippen LogP contribution is -2.34. The highest BCUT2D eigenvalue weighted by Crippen LogP contribution is 2.32. The summed E-state index contributed by atoms with van der Waals surface area (Å²) >= 11 is 0. The van der Waals surface area contributed by atoms with Crippen LogP contribution in [-0.2, 0) is 4.79 Å². The second kappa shape index (κ2) is 6.04. The molecule has 0 aliphatic rings. The van der Waals surface area contributed by atoms with E-state index in [2.05, 4.69) is 0 Å². The second-order valence-electron chi connectivity index (χ2n) is 4.46. The van der Waals surface area contributed by atoms with E-state index in [1.54, 1.807) is 24.3 Å². The lowest BCUT2D eigenvalue weighted by molar-refractivity contribution is -0.384. The normalized spacial score (nSPS) is 10.0. The lowest BCUT2D eigenvalue weighted by atomic mass is 10.0. The summed E-state index contributed by atoms with van der Waals surface area (Å²) in [7, 11) is 0. The van der Waals surface area contributed by atoms with E-state index in [1.165, 1.54) is 24.3 Å². The minimum atomic E-state index is -1.41. The van der Waals surface area contributed by atoms with Crippen molar-refractivity contribution in [3.8, 4) is 11.1 Å². The largest absolute Gasteiger partial charge is 0.464 e. The minimum absolute atomic E-state index is 0.114. The number of imide groups is 1. The number of para-hydroxylation sites is 1. The average Bonchev–Trinajstić information content (AvgIpc) is 2.47. The average molecular weight is 300 g/mol. The van der Waals surface area contributed by atoms with Crippen LogP contribution in [0.2, 0.25) is 0 Å². The number of rotatable bonds is 3. The van der Waals surface area contributed by atoms with E-state index >= 15 is 0 Å². The van der Waals surface area contributed by atoms with Crippen LogP contribution in [0.15, 0.2) is 48.5 Å². The van der Waals surface area contributed by atoms with Gasteiger partial charge in [-0.2, -0.15) is 0 Å². The van der Waals surface area contributed by atoms with Crippen molar-refractivity contribution in [1.82, 2.24) is 0 Å². The molecule has 112 valence electrons. The number of benzene rings is 2. The maximum absolute atomic E-state index is 11.6. The molecule has 7 heteroatoms. The zero-order valence-corrected chi connectivity index (χ0v) is 11.6. The SMILES string of the molecule is CC(=O)N(C(=O)O)c1ccccc1-c1cccc([N+](=O)[O-])c1. The number of carboxylic acid groups (broad SMARTS) is 1. The van der Waals surface area contributed by atoms with E-state index in [9.17, 15) is 24.8 Å². The lowest BCUT2D eigenvalue weighted by Gasteiger charge is -2.19. The maximum atomic E-state index is 11.6. The fraction of sp³-hybridized carbons (Fsp3) is 0.0667. The number of carbonyl (C=O) groups excluding carboxylic acids is 1. The zero-order chi connectivity index (χ0) is 16.3. The number of hydrogen-bond acceptors (Lipinski definition) is 4. The van der Waals surface area contributed by atoms with Crippen molar-refractivity contribution in [2.75, 3.05) is 4.90 Å². The third kappa shape index (κ3) is 2.93. The molecule has 2 aromatic rings. The quantitative estimate of drug-likeness (QED) is 0.692. The zero-order valence-electron chi connectivity index (χ0n) is 11.6. The molecule has 0 aliphatic heterocycles. The van der Waals surface area contributed by atoms with E-state index in [0.29, 0.717) is 16.0 Å². The van der Waals surface area contributed by atoms with Crippen LogP contribution in [-0.4, -0.2) is 22.0 Å². The van der Waals surface area contributed by atoms with Gasteiger partial charge in [-0.1, -0.05) is 30.3 Å². The topological polar surface area (TPSA) is 101 Å². The van der Waals surface area contributed by atoms with Gasteiger partial charge in [0.1, 0.15) is 0 Å². The molecule has 0 heterocycles. The third-order valence-electron chi connectivity index (χ3n) is 3.02. The highest BCUT2D eigenvalue weighted by atomic mass is 16.6. The molecule has 0 atom stereocenters. The Bertz CT molecular complexity index is 743. The van der Waals surface area contributed by atoms with Gasteiger partial charge in [-0.15, -0.1) is 0 Å². The van der Waals surface area contributed by atoms with E-state index < -0.39 is 16.9 Å². The Balaban J connectivity index is 2.62. The number of nitrogens with zero attached hydrogens (tertiary/aromatic N) is 2. The van der Waals surface area contributed by atoms with Crippen LogP contribution >= 0.6 is 0 Å². The molecule has 2 rings (SSSR count). The maximum Gasteiger partial charge on any atom is 0.418 e. The summed E-state index contributed by atoms with van der Waals surface area (Å²) in [5, 5.41) is 20.1. The van der Waals surface area contributed by atoms with E-state index in [4.69, 9.17) is 0 Å². The predicted octanol–water partition coefficient (Wildman–Crippen LogP) is 3.29. The monoisotopic (exact) mass is 300 g/mol. The van der Waals surface area contributed by atoms with Gasteiger partial charge in [0.2, 0.25) is 5.91 Å². The third-order valence-corrected chi connectivity index (χ3v) is 3.02. The van der Waals surface area contributed by atoms with Gasteiger partial charge in [-0.05, 0) is 11.6 Å². The molecule has 22 heavy (non-hydrogen) atoms. The number of anilines is 1. The summed E-state index contributed by atoms with van der Waals surface area (Å²) in [4.78, 5) is 33.8. The first-order chi connectivity index (χ1) is 10.4. The van der Waals surface area contributed by atoms with Crippen molar-refractivity contribution in [1.29, 1.82) is 0 Å². The summed E-state index contributed by atoms with van der Waals surface area (Å²) in [6.45, 7) is 1.14. The fourth-order valence-electron chi connectivity index (χ4n) is 2.11. The number of nitro groups is 1. The highest BCUT2D eigenvalue weighted by molar-refractivity contribution is 6.13. The van der Waals surface area contributed by atoms with Crippen molar-refractivity contribution in [3.05, 3.63) is 58.6 Å². The van der Waals surface area contributed by atoms with Gasteiger partial charge in [0, 0.05) is 24.6 Å². The molecule has 0 aliphatic carbocycles. The van der Waals surface area contributed by atoms with Crippen molar-refractivity contribution in [3.63, 3.8) is 0 Å². The number of non-ortho nitro benzene ring substituents is 1. The Hall–Kier alpha value is -3.22. The Labute approximate surface area is 125 Å². The van der Waals surface area contributed by atoms with Crippen molar-refractivity contribution in [2.24, 2.45) is 0 Å². The Kier molecular flexibility index (Phi) is 4.17. The van der Waals surface area contributed by atoms with Crippen molar-refractivity contribution >= 4 is 23.4 Å². The molecule has 2 amide bonds. The molecule has 0 saturated carbocycles. The van der Waals surface area contributed by atoms with Gasteiger partial charge in [0.25, 0.3) is 5.69 Å². The molecular weight excluding hydrogens is 288 g/mol. The highest BCUT2D eigenvalue weighted by Gasteiger charge is 2.22. The van der Waals surface area contributed by atoms with E-state index in [-0.39, 0.29) is 11.4 Å². The van der Waals surface area contributed by atoms with Gasteiger partial charge in [0.05, 0.1) is 10.6 Å². The summed E-state index contributed by atoms with van der Waals surface area (Å²) in [6.07, 6.45) is -1.41. The molecule has 0 fully saturated rings. The van der Waals surface area contributed by atoms with Gasteiger partial charge in [-0.25, -0.2) is 9.69 Å². The molecule has 7 nitrogen and oxygen atoms in total. The molecule has 0 bridgehead atoms. The number of amides is 2. The van der Waals surface area contributed by atoms with E-state index in [1.807, 2.05) is 0 Å². The van der Waals surface area contributed by atoms with Gasteiger partial charge in [-0.3, -0.25) is 14.9 Å². The minimum Gasteiger partial charge on any atom is -0.464 e. The van der Waals surface area contributed by atoms with E-state index in [0.717, 1.165) is 6.92 Å². The first-order valence-corrected chi connectivity index (χ1v) is 6.29. The molecule has 1 N–H and O–H groups in total. The summed E-state index contributed by atoms with van der Waals surface area (Å²) in [6, 6.07) is 12.1. The van der Waals surface area contributed by atoms with Crippen LogP contribution < -0.4 is 4.90 Å². The predicted molar refractivity (Wildman–Crippen MR) is 79.7 cm³/mol. The van der Waals surface area contributed by atoms with Crippen LogP contribution in [0.3, 0.4) is 0 Å². The molecule has 0 radical (unpaired) electrons. The molecule has 0 aromatic heterocycles. The Morgan fingerprint density at radius 2 is 1.82 bits per heavy atom. The summed E-state index contributed by atoms with van der Waals surface area (Å²) < 4.78 is 0. The van der Waals surface area contributed by atoms with Crippen LogP contribution in [0.25, 0.3) is 11.1 Å². The molecule has 2 aromatic carbocycles. The Morgan fingerprint density at radius 1 is 1.14 bits per heavy atom. The number of hydrogen-bond donors (Lipinski definition) is 1. The summed E-state index contributed by atoms with van der Waals surface area (Å²) in [5.41, 5.74) is 0.918. The molecular formula is C15H12N2O5.